The van der Waals surface area contributed by atoms with Crippen LogP contribution in [0.3, 0.4) is 0 Å². The van der Waals surface area contributed by atoms with Crippen LogP contribution in [0, 0.1) is 0 Å². The number of aromatic hydroxyl groups is 2. The number of amides is 1. The molecule has 104 valence electrons. The van der Waals surface area contributed by atoms with Crippen molar-refractivity contribution < 1.29 is 15.0 Å². The van der Waals surface area contributed by atoms with Gasteiger partial charge in [-0.15, -0.1) is 0 Å². The monoisotopic (exact) mass is 265 g/mol. The number of phenols is 2. The minimum absolute atomic E-state index is 0.0257. The lowest BCUT2D eigenvalue weighted by atomic mass is 10.1. The SMILES string of the molecule is CN1CCN(C(=O)c2ccc(O)c(O)c2)C(CN)C1. The number of carbonyl (C=O) groups excluding carboxylic acids is 1. The van der Waals surface area contributed by atoms with Crippen LogP contribution in [0.2, 0.25) is 0 Å². The largest absolute Gasteiger partial charge is 0.504 e. The van der Waals surface area contributed by atoms with Crippen molar-refractivity contribution in [3.8, 4) is 11.5 Å². The third kappa shape index (κ3) is 2.80. The van der Waals surface area contributed by atoms with Gasteiger partial charge in [0.25, 0.3) is 5.91 Å². The van der Waals surface area contributed by atoms with E-state index in [0.29, 0.717) is 18.7 Å². The first kappa shape index (κ1) is 13.6. The fourth-order valence-electron chi connectivity index (χ4n) is 2.30. The number of nitrogens with zero attached hydrogens (tertiary/aromatic N) is 2. The van der Waals surface area contributed by atoms with Gasteiger partial charge in [0.05, 0.1) is 6.04 Å². The summed E-state index contributed by atoms with van der Waals surface area (Å²) in [7, 11) is 2.00. The summed E-state index contributed by atoms with van der Waals surface area (Å²) in [6.07, 6.45) is 0. The summed E-state index contributed by atoms with van der Waals surface area (Å²) in [5, 5.41) is 18.7. The molecular formula is C13H19N3O3. The number of nitrogens with two attached hydrogens (primary N) is 1. The highest BCUT2D eigenvalue weighted by Gasteiger charge is 2.28. The molecule has 1 amide bonds. The third-order valence-electron chi connectivity index (χ3n) is 3.44. The van der Waals surface area contributed by atoms with Gasteiger partial charge in [-0.25, -0.2) is 0 Å². The second-order valence-electron chi connectivity index (χ2n) is 4.85. The normalized spacial score (nSPS) is 20.5. The predicted octanol–water partition coefficient (Wildman–Crippen LogP) is -0.187. The minimum Gasteiger partial charge on any atom is -0.504 e. The maximum absolute atomic E-state index is 12.4. The zero-order valence-corrected chi connectivity index (χ0v) is 10.9. The molecule has 0 aromatic heterocycles. The summed E-state index contributed by atoms with van der Waals surface area (Å²) in [6.45, 7) is 2.55. The molecule has 1 heterocycles. The first-order valence-corrected chi connectivity index (χ1v) is 6.24. The van der Waals surface area contributed by atoms with Gasteiger partial charge in [-0.3, -0.25) is 4.79 Å². The lowest BCUT2D eigenvalue weighted by molar-refractivity contribution is 0.0515. The molecule has 0 aliphatic carbocycles. The van der Waals surface area contributed by atoms with Crippen molar-refractivity contribution in [3.63, 3.8) is 0 Å². The highest BCUT2D eigenvalue weighted by molar-refractivity contribution is 5.95. The molecule has 1 fully saturated rings. The number of piperazine rings is 1. The molecule has 1 aliphatic heterocycles. The third-order valence-corrected chi connectivity index (χ3v) is 3.44. The van der Waals surface area contributed by atoms with E-state index in [1.165, 1.54) is 18.2 Å². The first-order chi connectivity index (χ1) is 9.02. The van der Waals surface area contributed by atoms with Crippen LogP contribution >= 0.6 is 0 Å². The van der Waals surface area contributed by atoms with Gasteiger partial charge in [-0.2, -0.15) is 0 Å². The second-order valence-corrected chi connectivity index (χ2v) is 4.85. The van der Waals surface area contributed by atoms with Crippen LogP contribution in [0.5, 0.6) is 11.5 Å². The van der Waals surface area contributed by atoms with Gasteiger partial charge in [0.2, 0.25) is 0 Å². The Balaban J connectivity index is 2.20. The molecule has 1 atom stereocenters. The fraction of sp³-hybridized carbons (Fsp3) is 0.462. The Hall–Kier alpha value is -1.79. The Morgan fingerprint density at radius 2 is 2.11 bits per heavy atom. The molecule has 1 aromatic carbocycles. The maximum Gasteiger partial charge on any atom is 0.254 e. The predicted molar refractivity (Wildman–Crippen MR) is 71.1 cm³/mol. The Morgan fingerprint density at radius 3 is 2.74 bits per heavy atom. The van der Waals surface area contributed by atoms with Crippen LogP contribution in [-0.4, -0.2) is 65.2 Å². The van der Waals surface area contributed by atoms with Crippen molar-refractivity contribution in [3.05, 3.63) is 23.8 Å². The van der Waals surface area contributed by atoms with E-state index in [1.54, 1.807) is 4.90 Å². The van der Waals surface area contributed by atoms with Gasteiger partial charge in [0.15, 0.2) is 11.5 Å². The van der Waals surface area contributed by atoms with E-state index in [9.17, 15) is 15.0 Å². The molecule has 0 bridgehead atoms. The van der Waals surface area contributed by atoms with E-state index >= 15 is 0 Å². The summed E-state index contributed by atoms with van der Waals surface area (Å²) in [5.41, 5.74) is 6.08. The van der Waals surface area contributed by atoms with Crippen LogP contribution in [-0.2, 0) is 0 Å². The summed E-state index contributed by atoms with van der Waals surface area (Å²) in [4.78, 5) is 16.3. The molecular weight excluding hydrogens is 246 g/mol. The summed E-state index contributed by atoms with van der Waals surface area (Å²) in [6, 6.07) is 4.07. The van der Waals surface area contributed by atoms with Gasteiger partial charge in [0, 0.05) is 31.7 Å². The van der Waals surface area contributed by atoms with Crippen LogP contribution < -0.4 is 5.73 Å². The van der Waals surface area contributed by atoms with Gasteiger partial charge >= 0.3 is 0 Å². The minimum atomic E-state index is -0.288. The standard InChI is InChI=1S/C13H19N3O3/c1-15-4-5-16(10(7-14)8-15)13(19)9-2-3-11(17)12(18)6-9/h2-3,6,10,17-18H,4-5,7-8,14H2,1H3. The molecule has 1 saturated heterocycles. The first-order valence-electron chi connectivity index (χ1n) is 6.24. The number of rotatable bonds is 2. The van der Waals surface area contributed by atoms with Crippen molar-refractivity contribution in [2.24, 2.45) is 5.73 Å². The van der Waals surface area contributed by atoms with Crippen molar-refractivity contribution >= 4 is 5.91 Å². The average Bonchev–Trinajstić information content (AvgIpc) is 2.41. The summed E-state index contributed by atoms with van der Waals surface area (Å²) < 4.78 is 0. The number of likely N-dealkylation sites (N-methyl/N-ethyl adjacent to an activating group) is 1. The molecule has 6 nitrogen and oxygen atoms in total. The number of hydrogen-bond acceptors (Lipinski definition) is 5. The Labute approximate surface area is 112 Å². The summed E-state index contributed by atoms with van der Waals surface area (Å²) >= 11 is 0. The number of phenolic OH excluding ortho intramolecular Hbond substituents is 2. The molecule has 0 saturated carbocycles. The van der Waals surface area contributed by atoms with Crippen molar-refractivity contribution in [1.29, 1.82) is 0 Å². The quantitative estimate of drug-likeness (QED) is 0.645. The van der Waals surface area contributed by atoms with Crippen LogP contribution in [0.4, 0.5) is 0 Å². The van der Waals surface area contributed by atoms with E-state index in [-0.39, 0.29) is 23.4 Å². The molecule has 19 heavy (non-hydrogen) atoms. The molecule has 0 spiro atoms. The van der Waals surface area contributed by atoms with Crippen LogP contribution in [0.25, 0.3) is 0 Å². The summed E-state index contributed by atoms with van der Waals surface area (Å²) in [5.74, 6) is -0.687. The number of carbonyl (C=O) groups is 1. The topological polar surface area (TPSA) is 90.0 Å². The Morgan fingerprint density at radius 1 is 1.37 bits per heavy atom. The zero-order valence-electron chi connectivity index (χ0n) is 10.9. The highest BCUT2D eigenvalue weighted by atomic mass is 16.3. The van der Waals surface area contributed by atoms with Gasteiger partial charge < -0.3 is 25.7 Å². The van der Waals surface area contributed by atoms with E-state index in [2.05, 4.69) is 4.90 Å². The molecule has 0 radical (unpaired) electrons. The smallest absolute Gasteiger partial charge is 0.254 e. The number of hydrogen-bond donors (Lipinski definition) is 3. The molecule has 1 aromatic rings. The molecule has 1 unspecified atom stereocenters. The zero-order chi connectivity index (χ0) is 14.0. The molecule has 6 heteroatoms. The molecule has 1 aliphatic rings. The number of benzene rings is 1. The van der Waals surface area contributed by atoms with Crippen LogP contribution in [0.1, 0.15) is 10.4 Å². The Bertz CT molecular complexity index is 478. The lowest BCUT2D eigenvalue weighted by Gasteiger charge is -2.39. The van der Waals surface area contributed by atoms with E-state index in [0.717, 1.165) is 13.1 Å². The average molecular weight is 265 g/mol. The van der Waals surface area contributed by atoms with Gasteiger partial charge in [-0.05, 0) is 25.2 Å². The highest BCUT2D eigenvalue weighted by Crippen LogP contribution is 2.26. The lowest BCUT2D eigenvalue weighted by Crippen LogP contribution is -2.56. The van der Waals surface area contributed by atoms with Crippen molar-refractivity contribution in [1.82, 2.24) is 9.80 Å². The van der Waals surface area contributed by atoms with E-state index in [1.807, 2.05) is 7.05 Å². The van der Waals surface area contributed by atoms with E-state index in [4.69, 9.17) is 5.73 Å². The van der Waals surface area contributed by atoms with Crippen molar-refractivity contribution in [2.45, 2.75) is 6.04 Å². The Kier molecular flexibility index (Phi) is 3.92. The maximum atomic E-state index is 12.4. The van der Waals surface area contributed by atoms with E-state index < -0.39 is 0 Å². The fourth-order valence-corrected chi connectivity index (χ4v) is 2.30. The molecule has 2 rings (SSSR count). The molecule has 4 N–H and O–H groups in total. The van der Waals surface area contributed by atoms with Gasteiger partial charge in [-0.1, -0.05) is 0 Å². The van der Waals surface area contributed by atoms with Crippen molar-refractivity contribution in [2.75, 3.05) is 33.2 Å². The van der Waals surface area contributed by atoms with Crippen LogP contribution in [0.15, 0.2) is 18.2 Å². The van der Waals surface area contributed by atoms with Gasteiger partial charge in [0.1, 0.15) is 0 Å². The second kappa shape index (κ2) is 5.46.